The van der Waals surface area contributed by atoms with E-state index in [-0.39, 0.29) is 0 Å². The van der Waals surface area contributed by atoms with Crippen LogP contribution in [0.15, 0.2) is 29.3 Å². The lowest BCUT2D eigenvalue weighted by Gasteiger charge is -2.16. The van der Waals surface area contributed by atoms with E-state index in [0.29, 0.717) is 5.69 Å². The van der Waals surface area contributed by atoms with Crippen LogP contribution >= 0.6 is 0 Å². The lowest BCUT2D eigenvalue weighted by atomic mass is 10.0. The van der Waals surface area contributed by atoms with E-state index in [1.54, 1.807) is 18.2 Å². The molecule has 24 heavy (non-hydrogen) atoms. The van der Waals surface area contributed by atoms with Gasteiger partial charge in [0.15, 0.2) is 0 Å². The number of hydrogen-bond donors (Lipinski definition) is 3. The van der Waals surface area contributed by atoms with Gasteiger partial charge in [0, 0.05) is 0 Å². The van der Waals surface area contributed by atoms with Crippen molar-refractivity contribution in [3.8, 4) is 0 Å². The summed E-state index contributed by atoms with van der Waals surface area (Å²) in [5.41, 5.74) is 3.29. The molecule has 2 aliphatic heterocycles. The topological polar surface area (TPSA) is 125 Å². The number of urea groups is 1. The predicted molar refractivity (Wildman–Crippen MR) is 80.3 cm³/mol. The zero-order valence-electron chi connectivity index (χ0n) is 12.7. The van der Waals surface area contributed by atoms with Gasteiger partial charge in [-0.3, -0.25) is 35.2 Å². The average Bonchev–Trinajstić information content (AvgIpc) is 2.77. The van der Waals surface area contributed by atoms with Crippen molar-refractivity contribution in [1.82, 2.24) is 16.1 Å². The minimum atomic E-state index is -1.09. The van der Waals surface area contributed by atoms with E-state index in [2.05, 4.69) is 5.43 Å². The molecule has 9 nitrogen and oxygen atoms in total. The number of anilines is 1. The maximum Gasteiger partial charge on any atom is 0.328 e. The van der Waals surface area contributed by atoms with Gasteiger partial charge in [0.25, 0.3) is 23.6 Å². The van der Waals surface area contributed by atoms with Gasteiger partial charge >= 0.3 is 6.03 Å². The highest BCUT2D eigenvalue weighted by atomic mass is 16.2. The van der Waals surface area contributed by atoms with Gasteiger partial charge in [0.05, 0.1) is 5.69 Å². The Bertz CT molecular complexity index is 849. The first-order chi connectivity index (χ1) is 11.3. The third-order valence-electron chi connectivity index (χ3n) is 3.76. The fourth-order valence-electron chi connectivity index (χ4n) is 2.38. The quantitative estimate of drug-likeness (QED) is 0.466. The minimum absolute atomic E-state index is 0.389. The smallest absolute Gasteiger partial charge is 0.273 e. The summed E-state index contributed by atoms with van der Waals surface area (Å²) in [4.78, 5) is 59.4. The molecule has 0 bridgehead atoms. The molecule has 2 fully saturated rings. The van der Waals surface area contributed by atoms with Crippen LogP contribution < -0.4 is 21.1 Å². The van der Waals surface area contributed by atoms with E-state index in [4.69, 9.17) is 0 Å². The number of hydrogen-bond acceptors (Lipinski definition) is 5. The molecular formula is C15H12N4O5. The van der Waals surface area contributed by atoms with Gasteiger partial charge in [-0.1, -0.05) is 6.07 Å². The first-order valence-corrected chi connectivity index (χ1v) is 6.93. The van der Waals surface area contributed by atoms with Crippen molar-refractivity contribution in [2.45, 2.75) is 13.8 Å². The number of amides is 6. The summed E-state index contributed by atoms with van der Waals surface area (Å²) in [6, 6.07) is 4.07. The SMILES string of the molecule is Cc1ccc(N2NC(=O)C(=C3C(=O)NC(=O)NC3=O)C2=O)cc1C. The normalized spacial score (nSPS) is 17.9. The molecule has 2 heterocycles. The lowest BCUT2D eigenvalue weighted by molar-refractivity contribution is -0.126. The second kappa shape index (κ2) is 5.30. The van der Waals surface area contributed by atoms with Gasteiger partial charge < -0.3 is 0 Å². The summed E-state index contributed by atoms with van der Waals surface area (Å²) in [6.07, 6.45) is 0. The first-order valence-electron chi connectivity index (χ1n) is 6.93. The molecule has 122 valence electrons. The first kappa shape index (κ1) is 15.4. The van der Waals surface area contributed by atoms with Crippen molar-refractivity contribution in [2.24, 2.45) is 0 Å². The van der Waals surface area contributed by atoms with Crippen molar-refractivity contribution < 1.29 is 24.0 Å². The number of imide groups is 2. The molecule has 3 rings (SSSR count). The summed E-state index contributed by atoms with van der Waals surface area (Å²) in [6.45, 7) is 3.73. The van der Waals surface area contributed by atoms with Crippen LogP contribution in [0.1, 0.15) is 11.1 Å². The maximum atomic E-state index is 12.5. The Balaban J connectivity index is 2.04. The van der Waals surface area contributed by atoms with Crippen molar-refractivity contribution in [3.63, 3.8) is 0 Å². The number of nitrogens with one attached hydrogen (secondary N) is 3. The lowest BCUT2D eigenvalue weighted by Crippen LogP contribution is -2.52. The van der Waals surface area contributed by atoms with Crippen molar-refractivity contribution in [3.05, 3.63) is 40.5 Å². The summed E-state index contributed by atoms with van der Waals surface area (Å²) in [7, 11) is 0. The standard InChI is InChI=1S/C15H12N4O5/c1-6-3-4-8(5-7(6)2)19-14(23)10(13(22)18-19)9-11(20)16-15(24)17-12(9)21/h3-5H,1-2H3,(H,18,22)(H2,16,17,20,21,24). The van der Waals surface area contributed by atoms with E-state index in [1.165, 1.54) is 0 Å². The fraction of sp³-hybridized carbons (Fsp3) is 0.133. The number of carbonyl (C=O) groups excluding carboxylic acids is 5. The van der Waals surface area contributed by atoms with E-state index in [0.717, 1.165) is 16.1 Å². The largest absolute Gasteiger partial charge is 0.328 e. The summed E-state index contributed by atoms with van der Waals surface area (Å²) < 4.78 is 0. The Morgan fingerprint density at radius 3 is 2.00 bits per heavy atom. The molecule has 9 heteroatoms. The highest BCUT2D eigenvalue weighted by Gasteiger charge is 2.43. The van der Waals surface area contributed by atoms with Crippen molar-refractivity contribution in [1.29, 1.82) is 0 Å². The van der Waals surface area contributed by atoms with Crippen LogP contribution in [0.3, 0.4) is 0 Å². The fourth-order valence-corrected chi connectivity index (χ4v) is 2.38. The number of nitrogens with zero attached hydrogens (tertiary/aromatic N) is 1. The molecule has 2 saturated heterocycles. The molecule has 0 saturated carbocycles. The highest BCUT2D eigenvalue weighted by molar-refractivity contribution is 6.40. The van der Waals surface area contributed by atoms with Crippen LogP contribution in [0.4, 0.5) is 10.5 Å². The molecule has 0 spiro atoms. The molecule has 0 aliphatic carbocycles. The number of carbonyl (C=O) groups is 5. The molecule has 2 aliphatic rings. The summed E-state index contributed by atoms with van der Waals surface area (Å²) >= 11 is 0. The molecule has 1 aromatic carbocycles. The summed E-state index contributed by atoms with van der Waals surface area (Å²) in [5.74, 6) is -3.93. The minimum Gasteiger partial charge on any atom is -0.273 e. The van der Waals surface area contributed by atoms with Gasteiger partial charge in [-0.25, -0.2) is 9.80 Å². The molecule has 3 N–H and O–H groups in total. The van der Waals surface area contributed by atoms with Gasteiger partial charge in [-0.15, -0.1) is 0 Å². The Kier molecular flexibility index (Phi) is 3.40. The Morgan fingerprint density at radius 1 is 0.792 bits per heavy atom. The molecule has 6 amide bonds. The predicted octanol–water partition coefficient (Wildman–Crippen LogP) is -0.656. The molecule has 0 atom stereocenters. The van der Waals surface area contributed by atoms with Gasteiger partial charge in [0.1, 0.15) is 11.1 Å². The van der Waals surface area contributed by atoms with Gasteiger partial charge in [-0.05, 0) is 37.1 Å². The number of aryl methyl sites for hydroxylation is 2. The molecule has 0 unspecified atom stereocenters. The van der Waals surface area contributed by atoms with Gasteiger partial charge in [0.2, 0.25) is 0 Å². The van der Waals surface area contributed by atoms with Crippen LogP contribution in [-0.4, -0.2) is 29.7 Å². The maximum absolute atomic E-state index is 12.5. The Labute approximate surface area is 135 Å². The van der Waals surface area contributed by atoms with E-state index in [1.807, 2.05) is 24.5 Å². The van der Waals surface area contributed by atoms with Crippen LogP contribution in [0.5, 0.6) is 0 Å². The summed E-state index contributed by atoms with van der Waals surface area (Å²) in [5, 5.41) is 4.61. The molecule has 1 aromatic rings. The Hall–Kier alpha value is -3.49. The number of benzene rings is 1. The monoisotopic (exact) mass is 328 g/mol. The van der Waals surface area contributed by atoms with Crippen LogP contribution in [0, 0.1) is 13.8 Å². The second-order valence-electron chi connectivity index (χ2n) is 5.34. The van der Waals surface area contributed by atoms with Gasteiger partial charge in [-0.2, -0.15) is 0 Å². The van der Waals surface area contributed by atoms with Crippen LogP contribution in [0.2, 0.25) is 0 Å². The highest BCUT2D eigenvalue weighted by Crippen LogP contribution is 2.24. The molecule has 0 aromatic heterocycles. The molecular weight excluding hydrogens is 316 g/mol. The van der Waals surface area contributed by atoms with Crippen molar-refractivity contribution >= 4 is 35.3 Å². The number of rotatable bonds is 1. The Morgan fingerprint density at radius 2 is 1.42 bits per heavy atom. The van der Waals surface area contributed by atoms with Crippen LogP contribution in [-0.2, 0) is 19.2 Å². The van der Waals surface area contributed by atoms with Crippen LogP contribution in [0.25, 0.3) is 0 Å². The number of barbiturate groups is 1. The zero-order chi connectivity index (χ0) is 17.6. The van der Waals surface area contributed by atoms with E-state index >= 15 is 0 Å². The van der Waals surface area contributed by atoms with Crippen molar-refractivity contribution in [2.75, 3.05) is 5.01 Å². The zero-order valence-corrected chi connectivity index (χ0v) is 12.7. The second-order valence-corrected chi connectivity index (χ2v) is 5.34. The number of hydrazine groups is 1. The molecule has 0 radical (unpaired) electrons. The third kappa shape index (κ3) is 2.32. The van der Waals surface area contributed by atoms with E-state index in [9.17, 15) is 24.0 Å². The average molecular weight is 328 g/mol. The third-order valence-corrected chi connectivity index (χ3v) is 3.76. The van der Waals surface area contributed by atoms with E-state index < -0.39 is 40.8 Å².